The Hall–Kier alpha value is -3.82. The number of benzene rings is 1. The monoisotopic (exact) mass is 424 g/mol. The second kappa shape index (κ2) is 7.46. The molecule has 2 aromatic heterocycles. The van der Waals surface area contributed by atoms with Crippen molar-refractivity contribution in [2.24, 2.45) is 5.92 Å². The molecular formula is C21H18F2N6O2. The summed E-state index contributed by atoms with van der Waals surface area (Å²) in [4.78, 5) is 27.9. The molecule has 158 valence electrons. The first-order valence-corrected chi connectivity index (χ1v) is 9.86. The fraction of sp³-hybridized carbons (Fsp3) is 0.238. The molecule has 3 N–H and O–H groups in total. The van der Waals surface area contributed by atoms with E-state index in [2.05, 4.69) is 26.0 Å². The van der Waals surface area contributed by atoms with Gasteiger partial charge in [-0.15, -0.1) is 0 Å². The maximum Gasteiger partial charge on any atom is 0.254 e. The van der Waals surface area contributed by atoms with E-state index in [1.807, 2.05) is 0 Å². The van der Waals surface area contributed by atoms with Gasteiger partial charge in [-0.25, -0.2) is 13.8 Å². The van der Waals surface area contributed by atoms with Crippen molar-refractivity contribution >= 4 is 40.9 Å². The lowest BCUT2D eigenvalue weighted by Gasteiger charge is -2.12. The van der Waals surface area contributed by atoms with Crippen molar-refractivity contribution in [1.29, 1.82) is 0 Å². The van der Waals surface area contributed by atoms with Crippen molar-refractivity contribution in [1.82, 2.24) is 19.9 Å². The van der Waals surface area contributed by atoms with Crippen LogP contribution in [-0.4, -0.2) is 33.0 Å². The SMILES string of the molecule is O=C1C/C(=C\c2cnn3c(NCC4CC4)cc(Nc4cccc(F)c4F)nc23)C(=O)N1. The number of amides is 2. The van der Waals surface area contributed by atoms with Crippen LogP contribution in [-0.2, 0) is 9.59 Å². The molecular weight excluding hydrogens is 406 g/mol. The smallest absolute Gasteiger partial charge is 0.254 e. The highest BCUT2D eigenvalue weighted by molar-refractivity contribution is 6.15. The molecule has 5 rings (SSSR count). The van der Waals surface area contributed by atoms with Gasteiger partial charge in [0.1, 0.15) is 11.6 Å². The number of rotatable bonds is 6. The standard InChI is InChI=1S/C21H18F2N6O2/c22-14-2-1-3-15(19(14)23)26-16-8-17(24-9-11-4-5-11)29-20(27-16)13(10-25-29)6-12-7-18(30)28-21(12)31/h1-3,6,8,10-11,24H,4-5,7,9H2,(H,26,27)(H,28,30,31)/b12-6+. The van der Waals surface area contributed by atoms with Gasteiger partial charge < -0.3 is 10.6 Å². The fourth-order valence-corrected chi connectivity index (χ4v) is 3.39. The van der Waals surface area contributed by atoms with Gasteiger partial charge in [0.15, 0.2) is 17.3 Å². The van der Waals surface area contributed by atoms with Crippen LogP contribution < -0.4 is 16.0 Å². The van der Waals surface area contributed by atoms with Crippen molar-refractivity contribution in [3.8, 4) is 0 Å². The number of carbonyl (C=O) groups is 2. The van der Waals surface area contributed by atoms with Gasteiger partial charge in [0.05, 0.1) is 18.3 Å². The molecule has 3 aromatic rings. The third kappa shape index (κ3) is 3.83. The van der Waals surface area contributed by atoms with Gasteiger partial charge >= 0.3 is 0 Å². The van der Waals surface area contributed by atoms with Crippen LogP contribution in [0.4, 0.5) is 26.1 Å². The largest absolute Gasteiger partial charge is 0.370 e. The molecule has 1 saturated heterocycles. The predicted octanol–water partition coefficient (Wildman–Crippen LogP) is 3.00. The summed E-state index contributed by atoms with van der Waals surface area (Å²) in [6.07, 6.45) is 5.39. The average Bonchev–Trinajstić information content (AvgIpc) is 3.40. The molecule has 1 aromatic carbocycles. The second-order valence-electron chi connectivity index (χ2n) is 7.64. The van der Waals surface area contributed by atoms with E-state index in [-0.39, 0.29) is 23.8 Å². The van der Waals surface area contributed by atoms with Gasteiger partial charge in [0, 0.05) is 23.7 Å². The first kappa shape index (κ1) is 19.2. The quantitative estimate of drug-likeness (QED) is 0.416. The van der Waals surface area contributed by atoms with Crippen LogP contribution in [0, 0.1) is 17.6 Å². The lowest BCUT2D eigenvalue weighted by molar-refractivity contribution is -0.124. The zero-order chi connectivity index (χ0) is 21.5. The summed E-state index contributed by atoms with van der Waals surface area (Å²) in [5, 5.41) is 12.7. The van der Waals surface area contributed by atoms with E-state index in [9.17, 15) is 18.4 Å². The van der Waals surface area contributed by atoms with Gasteiger partial charge in [-0.2, -0.15) is 9.61 Å². The van der Waals surface area contributed by atoms with E-state index >= 15 is 0 Å². The Morgan fingerprint density at radius 1 is 1.26 bits per heavy atom. The van der Waals surface area contributed by atoms with E-state index < -0.39 is 17.5 Å². The fourth-order valence-electron chi connectivity index (χ4n) is 3.39. The zero-order valence-electron chi connectivity index (χ0n) is 16.3. The molecule has 2 aliphatic rings. The number of hydrogen-bond donors (Lipinski definition) is 3. The number of fused-ring (bicyclic) bond motifs is 1. The molecule has 0 radical (unpaired) electrons. The van der Waals surface area contributed by atoms with E-state index in [1.165, 1.54) is 12.1 Å². The highest BCUT2D eigenvalue weighted by atomic mass is 19.2. The average molecular weight is 424 g/mol. The Morgan fingerprint density at radius 2 is 2.10 bits per heavy atom. The molecule has 1 saturated carbocycles. The van der Waals surface area contributed by atoms with Crippen LogP contribution in [0.25, 0.3) is 11.7 Å². The molecule has 0 bridgehead atoms. The normalized spacial score (nSPS) is 17.4. The van der Waals surface area contributed by atoms with Gasteiger partial charge in [-0.3, -0.25) is 14.9 Å². The Morgan fingerprint density at radius 3 is 2.84 bits per heavy atom. The summed E-state index contributed by atoms with van der Waals surface area (Å²) in [7, 11) is 0. The molecule has 0 unspecified atom stereocenters. The lowest BCUT2D eigenvalue weighted by Crippen LogP contribution is -2.19. The molecule has 31 heavy (non-hydrogen) atoms. The van der Waals surface area contributed by atoms with Crippen molar-refractivity contribution in [2.45, 2.75) is 19.3 Å². The Balaban J connectivity index is 1.56. The first-order valence-electron chi connectivity index (χ1n) is 9.86. The summed E-state index contributed by atoms with van der Waals surface area (Å²) < 4.78 is 29.3. The third-order valence-corrected chi connectivity index (χ3v) is 5.21. The van der Waals surface area contributed by atoms with Crippen LogP contribution in [0.15, 0.2) is 36.0 Å². The minimum absolute atomic E-state index is 0.0184. The summed E-state index contributed by atoms with van der Waals surface area (Å²) >= 11 is 0. The number of nitrogens with zero attached hydrogens (tertiary/aromatic N) is 3. The summed E-state index contributed by atoms with van der Waals surface area (Å²) in [6.45, 7) is 0.750. The van der Waals surface area contributed by atoms with Crippen LogP contribution in [0.2, 0.25) is 0 Å². The second-order valence-corrected chi connectivity index (χ2v) is 7.64. The molecule has 8 nitrogen and oxygen atoms in total. The van der Waals surface area contributed by atoms with Crippen molar-refractivity contribution in [2.75, 3.05) is 17.2 Å². The first-order chi connectivity index (χ1) is 15.0. The number of aromatic nitrogens is 3. The van der Waals surface area contributed by atoms with Gasteiger partial charge in [-0.1, -0.05) is 6.07 Å². The highest BCUT2D eigenvalue weighted by Crippen LogP contribution is 2.30. The van der Waals surface area contributed by atoms with Gasteiger partial charge in [0.2, 0.25) is 5.91 Å². The van der Waals surface area contributed by atoms with Crippen LogP contribution in [0.1, 0.15) is 24.8 Å². The maximum absolute atomic E-state index is 14.1. The molecule has 0 spiro atoms. The number of halogens is 2. The number of carbonyl (C=O) groups excluding carboxylic acids is 2. The number of hydrogen-bond acceptors (Lipinski definition) is 6. The molecule has 10 heteroatoms. The van der Waals surface area contributed by atoms with E-state index in [1.54, 1.807) is 22.9 Å². The minimum atomic E-state index is -1.01. The predicted molar refractivity (Wildman–Crippen MR) is 110 cm³/mol. The minimum Gasteiger partial charge on any atom is -0.370 e. The van der Waals surface area contributed by atoms with Gasteiger partial charge in [-0.05, 0) is 37.0 Å². The molecule has 0 atom stereocenters. The maximum atomic E-state index is 14.1. The van der Waals surface area contributed by atoms with Crippen molar-refractivity contribution in [3.05, 3.63) is 53.2 Å². The third-order valence-electron chi connectivity index (χ3n) is 5.21. The zero-order valence-corrected chi connectivity index (χ0v) is 16.3. The van der Waals surface area contributed by atoms with E-state index in [0.717, 1.165) is 25.5 Å². The Bertz CT molecular complexity index is 1250. The Labute approximate surface area is 175 Å². The molecule has 1 aliphatic carbocycles. The number of nitrogens with one attached hydrogen (secondary N) is 3. The number of anilines is 3. The molecule has 2 amide bonds. The molecule has 1 aliphatic heterocycles. The van der Waals surface area contributed by atoms with Gasteiger partial charge in [0.25, 0.3) is 5.91 Å². The summed E-state index contributed by atoms with van der Waals surface area (Å²) in [6, 6.07) is 5.51. The van der Waals surface area contributed by atoms with E-state index in [4.69, 9.17) is 0 Å². The van der Waals surface area contributed by atoms with Crippen molar-refractivity contribution < 1.29 is 18.4 Å². The number of imide groups is 1. The lowest BCUT2D eigenvalue weighted by atomic mass is 10.1. The summed E-state index contributed by atoms with van der Waals surface area (Å²) in [5.41, 5.74) is 1.19. The van der Waals surface area contributed by atoms with E-state index in [0.29, 0.717) is 28.5 Å². The highest BCUT2D eigenvalue weighted by Gasteiger charge is 2.25. The van der Waals surface area contributed by atoms with Crippen LogP contribution >= 0.6 is 0 Å². The van der Waals surface area contributed by atoms with Crippen molar-refractivity contribution in [3.63, 3.8) is 0 Å². The molecule has 2 fully saturated rings. The topological polar surface area (TPSA) is 100 Å². The summed E-state index contributed by atoms with van der Waals surface area (Å²) in [5.74, 6) is -1.30. The van der Waals surface area contributed by atoms with Crippen LogP contribution in [0.5, 0.6) is 0 Å². The van der Waals surface area contributed by atoms with Crippen LogP contribution in [0.3, 0.4) is 0 Å². The Kier molecular flexibility index (Phi) is 4.61. The molecule has 3 heterocycles.